The van der Waals surface area contributed by atoms with Crippen molar-refractivity contribution in [1.29, 1.82) is 5.26 Å². The van der Waals surface area contributed by atoms with Gasteiger partial charge in [-0.25, -0.2) is 14.8 Å². The summed E-state index contributed by atoms with van der Waals surface area (Å²) in [7, 11) is 0. The van der Waals surface area contributed by atoms with Crippen molar-refractivity contribution >= 4 is 17.8 Å². The summed E-state index contributed by atoms with van der Waals surface area (Å²) in [5.41, 5.74) is 2.06. The zero-order chi connectivity index (χ0) is 31.2. The number of nitrogens with one attached hydrogen (secondary N) is 2. The van der Waals surface area contributed by atoms with Crippen molar-refractivity contribution in [2.45, 2.75) is 64.4 Å². The van der Waals surface area contributed by atoms with Crippen molar-refractivity contribution in [3.05, 3.63) is 77.1 Å². The second kappa shape index (κ2) is 13.1. The van der Waals surface area contributed by atoms with Gasteiger partial charge in [0.15, 0.2) is 0 Å². The van der Waals surface area contributed by atoms with Gasteiger partial charge < -0.3 is 20.3 Å². The van der Waals surface area contributed by atoms with Gasteiger partial charge in [0.25, 0.3) is 0 Å². The Morgan fingerprint density at radius 3 is 2.33 bits per heavy atom. The molecule has 1 fully saturated rings. The van der Waals surface area contributed by atoms with Crippen molar-refractivity contribution in [2.24, 2.45) is 0 Å². The number of ether oxygens (including phenoxy) is 1. The van der Waals surface area contributed by atoms with Crippen molar-refractivity contribution in [3.63, 3.8) is 0 Å². The fourth-order valence-electron chi connectivity index (χ4n) is 4.65. The van der Waals surface area contributed by atoms with Gasteiger partial charge in [-0.2, -0.15) is 18.4 Å². The number of alkyl halides is 3. The molecule has 43 heavy (non-hydrogen) atoms. The van der Waals surface area contributed by atoms with Crippen LogP contribution < -0.4 is 15.5 Å². The molecule has 0 bridgehead atoms. The first kappa shape index (κ1) is 31.3. The van der Waals surface area contributed by atoms with E-state index in [9.17, 15) is 22.8 Å². The first-order valence-electron chi connectivity index (χ1n) is 13.9. The first-order chi connectivity index (χ1) is 20.3. The molecule has 1 aliphatic heterocycles. The Hall–Kier alpha value is -4.66. The maximum Gasteiger partial charge on any atom is 0.451 e. The van der Waals surface area contributed by atoms with E-state index in [1.54, 1.807) is 62.1 Å². The molecule has 1 aliphatic rings. The molecule has 1 saturated heterocycles. The lowest BCUT2D eigenvalue weighted by atomic mass is 10.1. The highest BCUT2D eigenvalue weighted by atomic mass is 19.4. The lowest BCUT2D eigenvalue weighted by Gasteiger charge is -2.26. The van der Waals surface area contributed by atoms with E-state index < -0.39 is 29.7 Å². The molecule has 0 radical (unpaired) electrons. The second-order valence-corrected chi connectivity index (χ2v) is 11.2. The summed E-state index contributed by atoms with van der Waals surface area (Å²) in [5, 5.41) is 14.5. The van der Waals surface area contributed by atoms with Crippen LogP contribution in [0.15, 0.2) is 54.6 Å². The number of amides is 2. The number of hydrogen-bond donors (Lipinski definition) is 2. The summed E-state index contributed by atoms with van der Waals surface area (Å²) in [6.45, 7) is 6.14. The first-order valence-corrected chi connectivity index (χ1v) is 13.9. The molecule has 9 nitrogen and oxygen atoms in total. The molecule has 4 rings (SSSR count). The lowest BCUT2D eigenvalue weighted by Crippen LogP contribution is -2.44. The van der Waals surface area contributed by atoms with Crippen LogP contribution in [0, 0.1) is 11.3 Å². The minimum absolute atomic E-state index is 0.0257. The van der Waals surface area contributed by atoms with Gasteiger partial charge in [0.1, 0.15) is 17.5 Å². The minimum atomic E-state index is -4.79. The summed E-state index contributed by atoms with van der Waals surface area (Å²) < 4.78 is 46.8. The average Bonchev–Trinajstić information content (AvgIpc) is 3.45. The standard InChI is InChI=1S/C31H33F3N6O3/c1-30(2,3)43-29(42)37-19-22-10-12-23(13-11-22)24-17-26(39-28(38-24)31(32,33)34)40-16-4-5-25(40)27(41)36-15-14-20-6-8-21(18-35)9-7-20/h6-13,17,25H,4-5,14-16,19H2,1-3H3,(H,36,41)(H,37,42)/t25-/m0/s1. The number of aromatic nitrogens is 2. The Kier molecular flexibility index (Phi) is 9.53. The van der Waals surface area contributed by atoms with Gasteiger partial charge in [-0.1, -0.05) is 36.4 Å². The monoisotopic (exact) mass is 594 g/mol. The molecule has 0 unspecified atom stereocenters. The summed E-state index contributed by atoms with van der Waals surface area (Å²) in [5.74, 6) is -1.55. The van der Waals surface area contributed by atoms with E-state index in [4.69, 9.17) is 10.00 Å². The van der Waals surface area contributed by atoms with Crippen LogP contribution in [-0.2, 0) is 28.7 Å². The zero-order valence-electron chi connectivity index (χ0n) is 24.2. The second-order valence-electron chi connectivity index (χ2n) is 11.2. The highest BCUT2D eigenvalue weighted by Gasteiger charge is 2.38. The summed E-state index contributed by atoms with van der Waals surface area (Å²) in [6, 6.07) is 16.5. The number of rotatable bonds is 8. The van der Waals surface area contributed by atoms with E-state index in [-0.39, 0.29) is 24.0 Å². The van der Waals surface area contributed by atoms with Crippen LogP contribution in [0.1, 0.15) is 56.1 Å². The van der Waals surface area contributed by atoms with Gasteiger partial charge in [0, 0.05) is 31.3 Å². The van der Waals surface area contributed by atoms with Gasteiger partial charge in [-0.15, -0.1) is 0 Å². The summed E-state index contributed by atoms with van der Waals surface area (Å²) in [6.07, 6.45) is -3.73. The Morgan fingerprint density at radius 2 is 1.70 bits per heavy atom. The number of hydrogen-bond acceptors (Lipinski definition) is 7. The lowest BCUT2D eigenvalue weighted by molar-refractivity contribution is -0.144. The van der Waals surface area contributed by atoms with E-state index in [1.165, 1.54) is 6.07 Å². The van der Waals surface area contributed by atoms with Crippen molar-refractivity contribution < 1.29 is 27.5 Å². The van der Waals surface area contributed by atoms with Crippen LogP contribution in [-0.4, -0.2) is 46.7 Å². The van der Waals surface area contributed by atoms with Crippen LogP contribution in [0.3, 0.4) is 0 Å². The Balaban J connectivity index is 1.47. The molecular formula is C31H33F3N6O3. The molecule has 2 aromatic carbocycles. The van der Waals surface area contributed by atoms with E-state index in [0.717, 1.165) is 11.1 Å². The number of carbonyl (C=O) groups is 2. The fourth-order valence-corrected chi connectivity index (χ4v) is 4.65. The summed E-state index contributed by atoms with van der Waals surface area (Å²) in [4.78, 5) is 34.2. The molecule has 1 aromatic heterocycles. The molecule has 0 aliphatic carbocycles. The Bertz CT molecular complexity index is 1480. The number of anilines is 1. The number of carbonyl (C=O) groups excluding carboxylic acids is 2. The summed E-state index contributed by atoms with van der Waals surface area (Å²) >= 11 is 0. The number of halogens is 3. The van der Waals surface area contributed by atoms with E-state index >= 15 is 0 Å². The maximum absolute atomic E-state index is 13.8. The molecule has 1 atom stereocenters. The molecule has 0 spiro atoms. The minimum Gasteiger partial charge on any atom is -0.444 e. The van der Waals surface area contributed by atoms with E-state index in [2.05, 4.69) is 26.7 Å². The van der Waals surface area contributed by atoms with Gasteiger partial charge in [0.05, 0.1) is 17.3 Å². The fraction of sp³-hybridized carbons (Fsp3) is 0.387. The maximum atomic E-state index is 13.8. The van der Waals surface area contributed by atoms with Gasteiger partial charge in [-0.05, 0) is 63.3 Å². The third-order valence-electron chi connectivity index (χ3n) is 6.70. The predicted octanol–water partition coefficient (Wildman–Crippen LogP) is 5.39. The van der Waals surface area contributed by atoms with Gasteiger partial charge in [-0.3, -0.25) is 4.79 Å². The van der Waals surface area contributed by atoms with Crippen LogP contribution >= 0.6 is 0 Å². The van der Waals surface area contributed by atoms with Gasteiger partial charge in [0.2, 0.25) is 11.7 Å². The van der Waals surface area contributed by atoms with Crippen LogP contribution in [0.25, 0.3) is 11.3 Å². The molecule has 2 N–H and O–H groups in total. The number of nitrogens with zero attached hydrogens (tertiary/aromatic N) is 4. The topological polar surface area (TPSA) is 120 Å². The molecule has 3 aromatic rings. The number of nitriles is 1. The van der Waals surface area contributed by atoms with Crippen LogP contribution in [0.5, 0.6) is 0 Å². The van der Waals surface area contributed by atoms with Crippen molar-refractivity contribution in [3.8, 4) is 17.3 Å². The highest BCUT2D eigenvalue weighted by Crippen LogP contribution is 2.33. The molecule has 2 heterocycles. The van der Waals surface area contributed by atoms with Crippen molar-refractivity contribution in [2.75, 3.05) is 18.0 Å². The van der Waals surface area contributed by atoms with E-state index in [0.29, 0.717) is 43.5 Å². The Labute approximate surface area is 248 Å². The highest BCUT2D eigenvalue weighted by molar-refractivity contribution is 5.85. The average molecular weight is 595 g/mol. The number of alkyl carbamates (subject to hydrolysis) is 1. The molecule has 226 valence electrons. The third kappa shape index (κ3) is 8.67. The molecule has 0 saturated carbocycles. The van der Waals surface area contributed by atoms with Crippen LogP contribution in [0.2, 0.25) is 0 Å². The van der Waals surface area contributed by atoms with Crippen LogP contribution in [0.4, 0.5) is 23.8 Å². The SMILES string of the molecule is CC(C)(C)OC(=O)NCc1ccc(-c2cc(N3CCC[C@H]3C(=O)NCCc3ccc(C#N)cc3)nc(C(F)(F)F)n2)cc1. The van der Waals surface area contributed by atoms with E-state index in [1.807, 2.05) is 12.1 Å². The molecule has 2 amide bonds. The largest absolute Gasteiger partial charge is 0.451 e. The quantitative estimate of drug-likeness (QED) is 0.359. The molecule has 12 heteroatoms. The van der Waals surface area contributed by atoms with Crippen molar-refractivity contribution in [1.82, 2.24) is 20.6 Å². The smallest absolute Gasteiger partial charge is 0.444 e. The molecular weight excluding hydrogens is 561 g/mol. The third-order valence-corrected chi connectivity index (χ3v) is 6.70. The van der Waals surface area contributed by atoms with Gasteiger partial charge >= 0.3 is 12.3 Å². The predicted molar refractivity (Wildman–Crippen MR) is 154 cm³/mol. The Morgan fingerprint density at radius 1 is 1.02 bits per heavy atom. The zero-order valence-corrected chi connectivity index (χ0v) is 24.2. The number of benzene rings is 2. The normalized spacial score (nSPS) is 15.1.